The van der Waals surface area contributed by atoms with Crippen LogP contribution in [0.25, 0.3) is 10.8 Å². The molecule has 0 spiro atoms. The number of nitrogens with two attached hydrogens (primary N) is 1. The zero-order chi connectivity index (χ0) is 10.1. The monoisotopic (exact) mass is 189 g/mol. The van der Waals surface area contributed by atoms with Crippen LogP contribution in [0, 0.1) is 0 Å². The fourth-order valence-electron chi connectivity index (χ4n) is 1.33. The van der Waals surface area contributed by atoms with Crippen molar-refractivity contribution in [1.29, 1.82) is 0 Å². The van der Waals surface area contributed by atoms with Crippen LogP contribution in [0.5, 0.6) is 0 Å². The number of hydrogen-bond donors (Lipinski definition) is 1. The molecule has 0 aliphatic carbocycles. The first-order chi connectivity index (χ1) is 6.70. The first kappa shape index (κ1) is 8.50. The van der Waals surface area contributed by atoms with Gasteiger partial charge in [-0.25, -0.2) is 4.79 Å². The van der Waals surface area contributed by atoms with Crippen molar-refractivity contribution in [1.82, 2.24) is 0 Å². The van der Waals surface area contributed by atoms with Gasteiger partial charge in [-0.2, -0.15) is 0 Å². The van der Waals surface area contributed by atoms with Gasteiger partial charge < -0.3 is 10.2 Å². The second-order valence-electron chi connectivity index (χ2n) is 2.85. The SMILES string of the molecule is NC(=O)c1coc(=O)c2ccccc12. The zero-order valence-electron chi connectivity index (χ0n) is 7.19. The van der Waals surface area contributed by atoms with E-state index in [1.54, 1.807) is 24.3 Å². The van der Waals surface area contributed by atoms with E-state index in [1.165, 1.54) is 0 Å². The summed E-state index contributed by atoms with van der Waals surface area (Å²) in [6, 6.07) is 6.68. The maximum Gasteiger partial charge on any atom is 0.343 e. The molecule has 0 saturated heterocycles. The van der Waals surface area contributed by atoms with Crippen LogP contribution in [-0.4, -0.2) is 5.91 Å². The van der Waals surface area contributed by atoms with Gasteiger partial charge in [-0.15, -0.1) is 0 Å². The molecule has 0 aliphatic rings. The molecule has 14 heavy (non-hydrogen) atoms. The van der Waals surface area contributed by atoms with Crippen LogP contribution >= 0.6 is 0 Å². The topological polar surface area (TPSA) is 73.3 Å². The summed E-state index contributed by atoms with van der Waals surface area (Å²) < 4.78 is 4.68. The molecule has 0 fully saturated rings. The lowest BCUT2D eigenvalue weighted by Gasteiger charge is -1.99. The third-order valence-corrected chi connectivity index (χ3v) is 1.99. The van der Waals surface area contributed by atoms with Gasteiger partial charge in [-0.1, -0.05) is 18.2 Å². The summed E-state index contributed by atoms with van der Waals surface area (Å²) >= 11 is 0. The summed E-state index contributed by atoms with van der Waals surface area (Å²) in [5, 5.41) is 0.889. The van der Waals surface area contributed by atoms with Crippen LogP contribution in [0.3, 0.4) is 0 Å². The normalized spacial score (nSPS) is 10.3. The molecule has 0 aliphatic heterocycles. The molecule has 0 unspecified atom stereocenters. The highest BCUT2D eigenvalue weighted by atomic mass is 16.4. The van der Waals surface area contributed by atoms with E-state index in [2.05, 4.69) is 4.42 Å². The number of fused-ring (bicyclic) bond motifs is 1. The molecule has 4 heteroatoms. The Morgan fingerprint density at radius 1 is 1.21 bits per heavy atom. The van der Waals surface area contributed by atoms with Crippen LogP contribution in [0.15, 0.2) is 39.7 Å². The molecular formula is C10H7NO3. The minimum atomic E-state index is -0.607. The average Bonchev–Trinajstić information content (AvgIpc) is 2.18. The molecule has 1 amide bonds. The van der Waals surface area contributed by atoms with E-state index < -0.39 is 11.5 Å². The molecule has 1 aromatic heterocycles. The molecule has 0 saturated carbocycles. The Bertz CT molecular complexity index is 557. The lowest BCUT2D eigenvalue weighted by molar-refractivity contribution is 0.1000. The van der Waals surface area contributed by atoms with Crippen molar-refractivity contribution in [2.75, 3.05) is 0 Å². The quantitative estimate of drug-likeness (QED) is 0.724. The number of rotatable bonds is 1. The van der Waals surface area contributed by atoms with Crippen LogP contribution in [0.4, 0.5) is 0 Å². The number of benzene rings is 1. The van der Waals surface area contributed by atoms with E-state index >= 15 is 0 Å². The van der Waals surface area contributed by atoms with Crippen molar-refractivity contribution >= 4 is 16.7 Å². The van der Waals surface area contributed by atoms with Crippen molar-refractivity contribution in [3.8, 4) is 0 Å². The first-order valence-electron chi connectivity index (χ1n) is 4.00. The van der Waals surface area contributed by atoms with Crippen LogP contribution in [0.2, 0.25) is 0 Å². The summed E-state index contributed by atoms with van der Waals surface area (Å²) in [4.78, 5) is 22.2. The standard InChI is InChI=1S/C10H7NO3/c11-9(12)8-5-14-10(13)7-4-2-1-3-6(7)8/h1-5H,(H2,11,12). The summed E-state index contributed by atoms with van der Waals surface area (Å²) in [7, 11) is 0. The van der Waals surface area contributed by atoms with E-state index in [-0.39, 0.29) is 5.56 Å². The van der Waals surface area contributed by atoms with E-state index in [0.717, 1.165) is 6.26 Å². The van der Waals surface area contributed by atoms with Gasteiger partial charge in [0.15, 0.2) is 0 Å². The predicted molar refractivity (Wildman–Crippen MR) is 51.0 cm³/mol. The highest BCUT2D eigenvalue weighted by Crippen LogP contribution is 2.14. The van der Waals surface area contributed by atoms with Crippen molar-refractivity contribution in [3.05, 3.63) is 46.5 Å². The summed E-state index contributed by atoms with van der Waals surface area (Å²) in [6.07, 6.45) is 1.09. The van der Waals surface area contributed by atoms with E-state index in [9.17, 15) is 9.59 Å². The van der Waals surface area contributed by atoms with Crippen LogP contribution in [0.1, 0.15) is 10.4 Å². The van der Waals surface area contributed by atoms with Crippen molar-refractivity contribution < 1.29 is 9.21 Å². The highest BCUT2D eigenvalue weighted by molar-refractivity contribution is 6.05. The molecular weight excluding hydrogens is 182 g/mol. The number of hydrogen-bond acceptors (Lipinski definition) is 3. The third kappa shape index (κ3) is 1.17. The highest BCUT2D eigenvalue weighted by Gasteiger charge is 2.09. The zero-order valence-corrected chi connectivity index (χ0v) is 7.19. The Balaban J connectivity index is 2.96. The predicted octanol–water partition coefficient (Wildman–Crippen LogP) is 0.892. The molecule has 1 aromatic carbocycles. The fourth-order valence-corrected chi connectivity index (χ4v) is 1.33. The van der Waals surface area contributed by atoms with E-state index in [1.807, 2.05) is 0 Å². The largest absolute Gasteiger partial charge is 0.430 e. The smallest absolute Gasteiger partial charge is 0.343 e. The maximum atomic E-state index is 11.2. The Morgan fingerprint density at radius 3 is 2.50 bits per heavy atom. The van der Waals surface area contributed by atoms with Gasteiger partial charge in [0.25, 0.3) is 5.91 Å². The Hall–Kier alpha value is -2.10. The fraction of sp³-hybridized carbons (Fsp3) is 0. The Labute approximate surface area is 78.9 Å². The molecule has 2 rings (SSSR count). The molecule has 70 valence electrons. The van der Waals surface area contributed by atoms with Crippen molar-refractivity contribution in [3.63, 3.8) is 0 Å². The average molecular weight is 189 g/mol. The summed E-state index contributed by atoms with van der Waals surface area (Å²) in [5.74, 6) is -0.607. The van der Waals surface area contributed by atoms with E-state index in [0.29, 0.717) is 10.8 Å². The number of carbonyl (C=O) groups is 1. The minimum absolute atomic E-state index is 0.222. The second-order valence-corrected chi connectivity index (χ2v) is 2.85. The van der Waals surface area contributed by atoms with Gasteiger partial charge in [0.2, 0.25) is 0 Å². The molecule has 0 atom stereocenters. The second kappa shape index (κ2) is 2.99. The third-order valence-electron chi connectivity index (χ3n) is 1.99. The first-order valence-corrected chi connectivity index (χ1v) is 4.00. The molecule has 2 N–H and O–H groups in total. The van der Waals surface area contributed by atoms with Crippen molar-refractivity contribution in [2.24, 2.45) is 5.73 Å². The van der Waals surface area contributed by atoms with Crippen LogP contribution < -0.4 is 11.4 Å². The van der Waals surface area contributed by atoms with E-state index in [4.69, 9.17) is 5.73 Å². The summed E-state index contributed by atoms with van der Waals surface area (Å²) in [6.45, 7) is 0. The molecule has 0 radical (unpaired) electrons. The van der Waals surface area contributed by atoms with Gasteiger partial charge in [0.05, 0.1) is 10.9 Å². The van der Waals surface area contributed by atoms with Crippen LogP contribution in [-0.2, 0) is 0 Å². The Kier molecular flexibility index (Phi) is 1.81. The minimum Gasteiger partial charge on any atom is -0.430 e. The lowest BCUT2D eigenvalue weighted by Crippen LogP contribution is -2.13. The summed E-state index contributed by atoms with van der Waals surface area (Å²) in [5.41, 5.74) is 4.88. The number of amides is 1. The Morgan fingerprint density at radius 2 is 1.86 bits per heavy atom. The maximum absolute atomic E-state index is 11.2. The number of carbonyl (C=O) groups excluding carboxylic acids is 1. The molecule has 1 heterocycles. The molecule has 2 aromatic rings. The van der Waals surface area contributed by atoms with Gasteiger partial charge in [0, 0.05) is 5.39 Å². The van der Waals surface area contributed by atoms with Gasteiger partial charge in [0.1, 0.15) is 6.26 Å². The number of primary amides is 1. The lowest BCUT2D eigenvalue weighted by atomic mass is 10.1. The van der Waals surface area contributed by atoms with Gasteiger partial charge in [-0.05, 0) is 6.07 Å². The van der Waals surface area contributed by atoms with Gasteiger partial charge >= 0.3 is 5.63 Å². The molecule has 0 bridgehead atoms. The molecule has 4 nitrogen and oxygen atoms in total. The van der Waals surface area contributed by atoms with Crippen molar-refractivity contribution in [2.45, 2.75) is 0 Å². The van der Waals surface area contributed by atoms with Gasteiger partial charge in [-0.3, -0.25) is 4.79 Å².